The molecule has 0 N–H and O–H groups in total. The van der Waals surface area contributed by atoms with Crippen LogP contribution in [0.15, 0.2) is 90.5 Å². The van der Waals surface area contributed by atoms with Crippen molar-refractivity contribution in [1.82, 2.24) is 29.1 Å². The summed E-state index contributed by atoms with van der Waals surface area (Å²) in [6.07, 6.45) is 9.47. The molecular weight excluding hydrogens is 642 g/mol. The van der Waals surface area contributed by atoms with Crippen molar-refractivity contribution in [2.45, 2.75) is 50.3 Å². The highest BCUT2D eigenvalue weighted by Gasteiger charge is 2.44. The van der Waals surface area contributed by atoms with Crippen LogP contribution in [0.4, 0.5) is 20.2 Å². The lowest BCUT2D eigenvalue weighted by atomic mass is 9.87. The molecule has 1 aliphatic carbocycles. The molecule has 0 radical (unpaired) electrons. The monoisotopic (exact) mass is 682 g/mol. The van der Waals surface area contributed by atoms with Gasteiger partial charge in [-0.25, -0.2) is 32.5 Å². The Labute approximate surface area is 288 Å². The molecule has 5 aromatic rings. The SMILES string of the molecule is O=c1n(-c2ccc(N3CCN(c4ccc(OC[C@@H]5CO[C@@](Cn6cncn6)(c6ccc(F)cc6F)C5)cc4)CC3)cc2)cnn1C1CCCC1. The molecule has 11 nitrogen and oxygen atoms in total. The molecule has 260 valence electrons. The van der Waals surface area contributed by atoms with Gasteiger partial charge in [0.1, 0.15) is 42.0 Å². The van der Waals surface area contributed by atoms with Gasteiger partial charge in [0.15, 0.2) is 0 Å². The number of piperazine rings is 1. The summed E-state index contributed by atoms with van der Waals surface area (Å²) in [5.41, 5.74) is 2.33. The van der Waals surface area contributed by atoms with Gasteiger partial charge in [-0.15, -0.1) is 0 Å². The van der Waals surface area contributed by atoms with Crippen LogP contribution in [0.3, 0.4) is 0 Å². The highest BCUT2D eigenvalue weighted by Crippen LogP contribution is 2.42. The van der Waals surface area contributed by atoms with Crippen molar-refractivity contribution in [3.05, 3.63) is 113 Å². The van der Waals surface area contributed by atoms with Gasteiger partial charge in [0.2, 0.25) is 0 Å². The summed E-state index contributed by atoms with van der Waals surface area (Å²) in [5, 5.41) is 8.59. The molecule has 0 amide bonds. The van der Waals surface area contributed by atoms with E-state index in [1.54, 1.807) is 26.6 Å². The van der Waals surface area contributed by atoms with E-state index in [1.165, 1.54) is 18.5 Å². The number of nitrogens with zero attached hydrogens (tertiary/aromatic N) is 8. The molecule has 0 bridgehead atoms. The van der Waals surface area contributed by atoms with Crippen LogP contribution < -0.4 is 20.2 Å². The van der Waals surface area contributed by atoms with Crippen molar-refractivity contribution in [2.75, 3.05) is 49.2 Å². The Morgan fingerprint density at radius 2 is 1.52 bits per heavy atom. The average Bonchev–Trinajstić information content (AvgIpc) is 3.97. The van der Waals surface area contributed by atoms with E-state index in [-0.39, 0.29) is 24.2 Å². The molecule has 3 fully saturated rings. The van der Waals surface area contributed by atoms with Crippen molar-refractivity contribution < 1.29 is 18.3 Å². The summed E-state index contributed by atoms with van der Waals surface area (Å²) in [4.78, 5) is 21.7. The number of benzene rings is 3. The van der Waals surface area contributed by atoms with Crippen molar-refractivity contribution in [3.63, 3.8) is 0 Å². The number of halogens is 2. The normalized spacial score (nSPS) is 21.3. The second-order valence-corrected chi connectivity index (χ2v) is 13.6. The van der Waals surface area contributed by atoms with Gasteiger partial charge in [-0.2, -0.15) is 10.2 Å². The first kappa shape index (κ1) is 32.2. The summed E-state index contributed by atoms with van der Waals surface area (Å²) in [5.74, 6) is -0.519. The van der Waals surface area contributed by atoms with Crippen molar-refractivity contribution in [3.8, 4) is 11.4 Å². The van der Waals surface area contributed by atoms with Crippen LogP contribution in [0.1, 0.15) is 43.7 Å². The highest BCUT2D eigenvalue weighted by molar-refractivity contribution is 5.54. The first-order valence-corrected chi connectivity index (χ1v) is 17.4. The van der Waals surface area contributed by atoms with Gasteiger partial charge >= 0.3 is 5.69 Å². The molecule has 2 aliphatic heterocycles. The third-order valence-corrected chi connectivity index (χ3v) is 10.3. The largest absolute Gasteiger partial charge is 0.493 e. The smallest absolute Gasteiger partial charge is 0.350 e. The number of aromatic nitrogens is 6. The van der Waals surface area contributed by atoms with E-state index in [0.29, 0.717) is 25.2 Å². The van der Waals surface area contributed by atoms with E-state index in [4.69, 9.17) is 9.47 Å². The highest BCUT2D eigenvalue weighted by atomic mass is 19.1. The maximum Gasteiger partial charge on any atom is 0.350 e. The van der Waals surface area contributed by atoms with E-state index in [2.05, 4.69) is 49.2 Å². The quantitative estimate of drug-likeness (QED) is 0.195. The Morgan fingerprint density at radius 1 is 0.840 bits per heavy atom. The minimum absolute atomic E-state index is 0.000354. The van der Waals surface area contributed by atoms with Crippen molar-refractivity contribution in [2.24, 2.45) is 5.92 Å². The first-order valence-electron chi connectivity index (χ1n) is 17.4. The Hall–Kier alpha value is -5.04. The van der Waals surface area contributed by atoms with Gasteiger partial charge in [-0.05, 0) is 73.9 Å². The zero-order valence-corrected chi connectivity index (χ0v) is 27.8. The summed E-state index contributed by atoms with van der Waals surface area (Å²) < 4.78 is 46.0. The molecule has 1 saturated carbocycles. The molecule has 2 atom stereocenters. The van der Waals surface area contributed by atoms with Gasteiger partial charge in [-0.1, -0.05) is 18.9 Å². The second-order valence-electron chi connectivity index (χ2n) is 13.6. The minimum Gasteiger partial charge on any atom is -0.493 e. The Bertz CT molecular complexity index is 1950. The predicted octanol–water partition coefficient (Wildman–Crippen LogP) is 5.36. The van der Waals surface area contributed by atoms with Gasteiger partial charge in [0.05, 0.1) is 31.5 Å². The standard InChI is InChI=1S/C37H40F2N8O3/c38-28-5-14-34(35(39)19-28)37(23-45-25-40-24-41-45)20-27(22-50-37)21-49-33-12-10-30(11-13-33)44-17-15-43(16-18-44)29-6-8-31(9-7-29)46-26-42-47(36(46)48)32-3-1-2-4-32/h5-14,19,24-27,32H,1-4,15-18,20-23H2/t27-,37+/m1/s1. The molecule has 50 heavy (non-hydrogen) atoms. The summed E-state index contributed by atoms with van der Waals surface area (Å²) in [7, 11) is 0. The topological polar surface area (TPSA) is 95.5 Å². The molecule has 2 saturated heterocycles. The molecular formula is C37H40F2N8O3. The van der Waals surface area contributed by atoms with Crippen LogP contribution in [-0.4, -0.2) is 68.5 Å². The fourth-order valence-corrected chi connectivity index (χ4v) is 7.69. The van der Waals surface area contributed by atoms with Crippen LogP contribution in [0.5, 0.6) is 5.75 Å². The average molecular weight is 683 g/mol. The molecule has 0 spiro atoms. The molecule has 2 aromatic heterocycles. The van der Waals surface area contributed by atoms with Crippen molar-refractivity contribution >= 4 is 11.4 Å². The molecule has 13 heteroatoms. The Morgan fingerprint density at radius 3 is 2.18 bits per heavy atom. The predicted molar refractivity (Wildman–Crippen MR) is 184 cm³/mol. The van der Waals surface area contributed by atoms with Crippen LogP contribution in [0.2, 0.25) is 0 Å². The van der Waals surface area contributed by atoms with Crippen LogP contribution in [0.25, 0.3) is 5.69 Å². The summed E-state index contributed by atoms with van der Waals surface area (Å²) >= 11 is 0. The van der Waals surface area contributed by atoms with E-state index in [1.807, 2.05) is 24.3 Å². The molecule has 4 heterocycles. The maximum atomic E-state index is 15.0. The van der Waals surface area contributed by atoms with E-state index >= 15 is 0 Å². The third-order valence-electron chi connectivity index (χ3n) is 10.3. The van der Waals surface area contributed by atoms with Crippen molar-refractivity contribution in [1.29, 1.82) is 0 Å². The first-order chi connectivity index (χ1) is 24.4. The van der Waals surface area contributed by atoms with Crippen LogP contribution in [-0.2, 0) is 16.9 Å². The van der Waals surface area contributed by atoms with Gasteiger partial charge in [0, 0.05) is 55.1 Å². The zero-order valence-electron chi connectivity index (χ0n) is 27.8. The Kier molecular flexibility index (Phi) is 8.82. The van der Waals surface area contributed by atoms with Gasteiger partial charge < -0.3 is 19.3 Å². The van der Waals surface area contributed by atoms with E-state index in [0.717, 1.165) is 80.7 Å². The zero-order chi connectivity index (χ0) is 34.1. The molecule has 3 aliphatic rings. The fourth-order valence-electron chi connectivity index (χ4n) is 7.69. The Balaban J connectivity index is 0.846. The maximum absolute atomic E-state index is 15.0. The van der Waals surface area contributed by atoms with Gasteiger partial charge in [-0.3, -0.25) is 0 Å². The molecule has 8 rings (SSSR count). The lowest BCUT2D eigenvalue weighted by molar-refractivity contribution is -0.0206. The summed E-state index contributed by atoms with van der Waals surface area (Å²) in [6, 6.07) is 20.1. The summed E-state index contributed by atoms with van der Waals surface area (Å²) in [6.45, 7) is 4.54. The number of rotatable bonds is 10. The van der Waals surface area contributed by atoms with E-state index in [9.17, 15) is 13.6 Å². The molecule has 0 unspecified atom stereocenters. The minimum atomic E-state index is -1.01. The van der Waals surface area contributed by atoms with Gasteiger partial charge in [0.25, 0.3) is 0 Å². The van der Waals surface area contributed by atoms with Crippen LogP contribution >= 0.6 is 0 Å². The van der Waals surface area contributed by atoms with Crippen LogP contribution in [0, 0.1) is 17.6 Å². The number of hydrogen-bond acceptors (Lipinski definition) is 8. The lowest BCUT2D eigenvalue weighted by Gasteiger charge is -2.37. The van der Waals surface area contributed by atoms with E-state index < -0.39 is 17.2 Å². The lowest BCUT2D eigenvalue weighted by Crippen LogP contribution is -2.46. The second kappa shape index (κ2) is 13.7. The molecule has 3 aromatic carbocycles. The number of anilines is 2. The number of hydrogen-bond donors (Lipinski definition) is 0. The third kappa shape index (κ3) is 6.49. The number of ether oxygens (including phenoxy) is 2. The fraction of sp³-hybridized carbons (Fsp3) is 0.405.